The minimum Gasteiger partial charge on any atom is -0.361 e. The number of likely N-dealkylation sites (N-methyl/N-ethyl adjacent to an activating group) is 1. The van der Waals surface area contributed by atoms with Gasteiger partial charge in [0.05, 0.1) is 5.69 Å². The van der Waals surface area contributed by atoms with Crippen molar-refractivity contribution in [2.75, 3.05) is 53.4 Å². The number of aryl methyl sites for hydroxylation is 2. The van der Waals surface area contributed by atoms with Crippen molar-refractivity contribution in [2.45, 2.75) is 33.4 Å². The summed E-state index contributed by atoms with van der Waals surface area (Å²) in [7, 11) is 3.49. The Morgan fingerprint density at radius 3 is 2.71 bits per heavy atom. The SMILES string of the molecule is CCc1nncn1CCNC(=NCC(=O)N(C)C)N1CCN(Cc2cc(C)on2)CC1. The minimum atomic E-state index is -0.0218. The first-order chi connectivity index (χ1) is 15.0. The highest BCUT2D eigenvalue weighted by molar-refractivity contribution is 5.84. The van der Waals surface area contributed by atoms with Crippen molar-refractivity contribution in [1.82, 2.24) is 39.9 Å². The number of guanidine groups is 1. The van der Waals surface area contributed by atoms with Gasteiger partial charge in [-0.25, -0.2) is 4.99 Å². The van der Waals surface area contributed by atoms with E-state index in [-0.39, 0.29) is 12.5 Å². The Balaban J connectivity index is 1.56. The number of piperazine rings is 1. The van der Waals surface area contributed by atoms with Gasteiger partial charge in [-0.15, -0.1) is 10.2 Å². The molecule has 3 rings (SSSR count). The van der Waals surface area contributed by atoms with Crippen molar-refractivity contribution in [3.8, 4) is 0 Å². The van der Waals surface area contributed by atoms with Crippen LogP contribution in [0.3, 0.4) is 0 Å². The van der Waals surface area contributed by atoms with Gasteiger partial charge in [0.15, 0.2) is 5.96 Å². The van der Waals surface area contributed by atoms with E-state index < -0.39 is 0 Å². The normalized spacial score (nSPS) is 15.4. The Bertz CT molecular complexity index is 866. The van der Waals surface area contributed by atoms with E-state index in [2.05, 4.69) is 42.4 Å². The fourth-order valence-electron chi connectivity index (χ4n) is 3.42. The molecule has 1 aliphatic rings. The molecule has 3 heterocycles. The number of nitrogens with zero attached hydrogens (tertiary/aromatic N) is 8. The molecule has 2 aromatic rings. The summed E-state index contributed by atoms with van der Waals surface area (Å²) in [4.78, 5) is 22.8. The van der Waals surface area contributed by atoms with Crippen molar-refractivity contribution in [1.29, 1.82) is 0 Å². The van der Waals surface area contributed by atoms with E-state index in [1.165, 1.54) is 0 Å². The molecule has 0 unspecified atom stereocenters. The molecule has 170 valence electrons. The lowest BCUT2D eigenvalue weighted by Gasteiger charge is -2.36. The zero-order valence-corrected chi connectivity index (χ0v) is 18.9. The molecule has 0 aliphatic carbocycles. The third-order valence-corrected chi connectivity index (χ3v) is 5.24. The van der Waals surface area contributed by atoms with Gasteiger partial charge >= 0.3 is 0 Å². The van der Waals surface area contributed by atoms with Gasteiger partial charge in [0.2, 0.25) is 5.91 Å². The van der Waals surface area contributed by atoms with Crippen LogP contribution in [0, 0.1) is 6.92 Å². The Morgan fingerprint density at radius 1 is 1.29 bits per heavy atom. The summed E-state index contributed by atoms with van der Waals surface area (Å²) in [6.07, 6.45) is 2.59. The zero-order valence-electron chi connectivity index (χ0n) is 18.9. The fraction of sp³-hybridized carbons (Fsp3) is 0.650. The van der Waals surface area contributed by atoms with Crippen LogP contribution in [-0.4, -0.2) is 99.9 Å². The summed E-state index contributed by atoms with van der Waals surface area (Å²) in [5.41, 5.74) is 0.954. The molecular formula is C20H33N9O2. The molecular weight excluding hydrogens is 398 g/mol. The highest BCUT2D eigenvalue weighted by atomic mass is 16.5. The topological polar surface area (TPSA) is 108 Å². The average molecular weight is 432 g/mol. The maximum atomic E-state index is 12.1. The largest absolute Gasteiger partial charge is 0.361 e. The van der Waals surface area contributed by atoms with Gasteiger partial charge in [-0.3, -0.25) is 9.69 Å². The maximum absolute atomic E-state index is 12.1. The number of aromatic nitrogens is 4. The van der Waals surface area contributed by atoms with E-state index in [1.54, 1.807) is 25.3 Å². The molecule has 11 heteroatoms. The number of rotatable bonds is 8. The number of hydrogen-bond donors (Lipinski definition) is 1. The second kappa shape index (κ2) is 10.9. The van der Waals surface area contributed by atoms with Crippen molar-refractivity contribution in [3.63, 3.8) is 0 Å². The van der Waals surface area contributed by atoms with E-state index in [4.69, 9.17) is 4.52 Å². The van der Waals surface area contributed by atoms with Gasteiger partial charge in [-0.05, 0) is 6.92 Å². The molecule has 0 bridgehead atoms. The van der Waals surface area contributed by atoms with Crippen LogP contribution in [0.2, 0.25) is 0 Å². The molecule has 1 fully saturated rings. The van der Waals surface area contributed by atoms with Crippen LogP contribution < -0.4 is 5.32 Å². The molecule has 11 nitrogen and oxygen atoms in total. The quantitative estimate of drug-likeness (QED) is 0.459. The molecule has 1 saturated heterocycles. The third kappa shape index (κ3) is 6.51. The Kier molecular flexibility index (Phi) is 7.99. The van der Waals surface area contributed by atoms with E-state index in [9.17, 15) is 4.79 Å². The second-order valence-electron chi connectivity index (χ2n) is 7.84. The number of aliphatic imine (C=N–C) groups is 1. The fourth-order valence-corrected chi connectivity index (χ4v) is 3.42. The Labute approximate surface area is 183 Å². The molecule has 1 amide bonds. The van der Waals surface area contributed by atoms with Crippen molar-refractivity contribution < 1.29 is 9.32 Å². The second-order valence-corrected chi connectivity index (χ2v) is 7.84. The number of hydrogen-bond acceptors (Lipinski definition) is 7. The van der Waals surface area contributed by atoms with Gasteiger partial charge in [-0.2, -0.15) is 0 Å². The predicted octanol–water partition coefficient (Wildman–Crippen LogP) is -0.0115. The molecule has 31 heavy (non-hydrogen) atoms. The summed E-state index contributed by atoms with van der Waals surface area (Å²) in [5, 5.41) is 15.6. The highest BCUT2D eigenvalue weighted by Crippen LogP contribution is 2.09. The number of carbonyl (C=O) groups is 1. The molecule has 1 N–H and O–H groups in total. The van der Waals surface area contributed by atoms with Crippen LogP contribution in [-0.2, 0) is 24.3 Å². The summed E-state index contributed by atoms with van der Waals surface area (Å²) in [5.74, 6) is 2.53. The molecule has 0 saturated carbocycles. The van der Waals surface area contributed by atoms with Crippen molar-refractivity contribution >= 4 is 11.9 Å². The molecule has 0 aromatic carbocycles. The smallest absolute Gasteiger partial charge is 0.243 e. The number of carbonyl (C=O) groups excluding carboxylic acids is 1. The van der Waals surface area contributed by atoms with Crippen LogP contribution in [0.5, 0.6) is 0 Å². The lowest BCUT2D eigenvalue weighted by atomic mass is 10.3. The van der Waals surface area contributed by atoms with Gasteiger partial charge in [0.25, 0.3) is 0 Å². The summed E-state index contributed by atoms with van der Waals surface area (Å²) < 4.78 is 7.20. The summed E-state index contributed by atoms with van der Waals surface area (Å²) in [6.45, 7) is 9.71. The first-order valence-corrected chi connectivity index (χ1v) is 10.7. The van der Waals surface area contributed by atoms with Crippen LogP contribution in [0.1, 0.15) is 24.2 Å². The van der Waals surface area contributed by atoms with E-state index in [1.807, 2.05) is 17.6 Å². The predicted molar refractivity (Wildman–Crippen MR) is 116 cm³/mol. The molecule has 1 aliphatic heterocycles. The maximum Gasteiger partial charge on any atom is 0.243 e. The Hall–Kier alpha value is -2.95. The van der Waals surface area contributed by atoms with Crippen molar-refractivity contribution in [3.05, 3.63) is 29.7 Å². The lowest BCUT2D eigenvalue weighted by Crippen LogP contribution is -2.52. The molecule has 2 aromatic heterocycles. The first-order valence-electron chi connectivity index (χ1n) is 10.7. The monoisotopic (exact) mass is 431 g/mol. The van der Waals surface area contributed by atoms with Crippen molar-refractivity contribution in [2.24, 2.45) is 4.99 Å². The van der Waals surface area contributed by atoms with E-state index in [0.29, 0.717) is 6.54 Å². The highest BCUT2D eigenvalue weighted by Gasteiger charge is 2.21. The lowest BCUT2D eigenvalue weighted by molar-refractivity contribution is -0.127. The molecule has 0 radical (unpaired) electrons. The summed E-state index contributed by atoms with van der Waals surface area (Å²) >= 11 is 0. The van der Waals surface area contributed by atoms with Crippen LogP contribution in [0.25, 0.3) is 0 Å². The average Bonchev–Trinajstić information content (AvgIpc) is 3.39. The Morgan fingerprint density at radius 2 is 2.06 bits per heavy atom. The number of amides is 1. The zero-order chi connectivity index (χ0) is 22.2. The standard InChI is InChI=1S/C20H33N9O2/c1-5-18-24-23-15-29(18)7-6-21-20(22-13-19(30)26(3)4)28-10-8-27(9-11-28)14-17-12-16(2)31-25-17/h12,15H,5-11,13-14H2,1-4H3,(H,21,22). The van der Waals surface area contributed by atoms with E-state index in [0.717, 1.165) is 68.9 Å². The van der Waals surface area contributed by atoms with Gasteiger partial charge < -0.3 is 24.2 Å². The van der Waals surface area contributed by atoms with Crippen LogP contribution in [0.15, 0.2) is 21.9 Å². The number of nitrogens with one attached hydrogen (secondary N) is 1. The van der Waals surface area contributed by atoms with Gasteiger partial charge in [0, 0.05) is 72.4 Å². The van der Waals surface area contributed by atoms with E-state index >= 15 is 0 Å². The summed E-state index contributed by atoms with van der Waals surface area (Å²) in [6, 6.07) is 1.98. The van der Waals surface area contributed by atoms with Gasteiger partial charge in [-0.1, -0.05) is 12.1 Å². The molecule has 0 atom stereocenters. The molecule has 0 spiro atoms. The van der Waals surface area contributed by atoms with Gasteiger partial charge in [0.1, 0.15) is 24.5 Å². The minimum absolute atomic E-state index is 0.0218. The third-order valence-electron chi connectivity index (χ3n) is 5.24. The van der Waals surface area contributed by atoms with Crippen LogP contribution >= 0.6 is 0 Å². The van der Waals surface area contributed by atoms with Crippen LogP contribution in [0.4, 0.5) is 0 Å². The first kappa shape index (κ1) is 22.7.